The highest BCUT2D eigenvalue weighted by Gasteiger charge is 2.07. The van der Waals surface area contributed by atoms with E-state index in [1.54, 1.807) is 11.8 Å². The number of aromatic nitrogens is 2. The van der Waals surface area contributed by atoms with Gasteiger partial charge in [0.05, 0.1) is 6.10 Å². The fraction of sp³-hybridized carbons (Fsp3) is 0.800. The molecule has 0 amide bonds. The molecule has 0 spiro atoms. The van der Waals surface area contributed by atoms with Crippen LogP contribution in [0, 0.1) is 0 Å². The molecule has 0 saturated carbocycles. The Bertz CT molecular complexity index is 293. The number of nitrogens with zero attached hydrogens (tertiary/aromatic N) is 2. The van der Waals surface area contributed by atoms with E-state index in [1.807, 2.05) is 6.92 Å². The Morgan fingerprint density at radius 1 is 1.50 bits per heavy atom. The summed E-state index contributed by atoms with van der Waals surface area (Å²) in [5.74, 6) is 1.57. The number of hydrogen-bond acceptors (Lipinski definition) is 6. The first-order chi connectivity index (χ1) is 7.76. The maximum absolute atomic E-state index is 9.67. The second-order valence-corrected chi connectivity index (χ2v) is 5.52. The van der Waals surface area contributed by atoms with Crippen molar-refractivity contribution in [3.8, 4) is 0 Å². The summed E-state index contributed by atoms with van der Waals surface area (Å²) in [5, 5.41) is 12.9. The zero-order valence-corrected chi connectivity index (χ0v) is 11.4. The normalized spacial score (nSPS) is 12.9. The van der Waals surface area contributed by atoms with Crippen molar-refractivity contribution in [3.63, 3.8) is 0 Å². The van der Waals surface area contributed by atoms with Gasteiger partial charge in [-0.05, 0) is 24.5 Å². The summed E-state index contributed by atoms with van der Waals surface area (Å²) < 4.78 is 5.15. The van der Waals surface area contributed by atoms with E-state index in [4.69, 9.17) is 0 Å². The number of aliphatic hydroxyl groups is 1. The molecule has 0 aromatic carbocycles. The first kappa shape index (κ1) is 13.9. The summed E-state index contributed by atoms with van der Waals surface area (Å²) in [6, 6.07) is 0. The van der Waals surface area contributed by atoms with Crippen LogP contribution in [-0.2, 0) is 6.42 Å². The van der Waals surface area contributed by atoms with Crippen LogP contribution in [0.5, 0.6) is 0 Å². The van der Waals surface area contributed by atoms with Gasteiger partial charge in [-0.15, -0.1) is 0 Å². The van der Waals surface area contributed by atoms with Gasteiger partial charge in [-0.1, -0.05) is 25.6 Å². The molecule has 0 saturated heterocycles. The van der Waals surface area contributed by atoms with Crippen molar-refractivity contribution in [1.82, 2.24) is 14.7 Å². The molecule has 1 aromatic rings. The van der Waals surface area contributed by atoms with Crippen LogP contribution in [0.1, 0.15) is 26.1 Å². The summed E-state index contributed by atoms with van der Waals surface area (Å²) in [5.41, 5.74) is 0. The van der Waals surface area contributed by atoms with E-state index < -0.39 is 0 Å². The van der Waals surface area contributed by atoms with Crippen molar-refractivity contribution in [1.29, 1.82) is 0 Å². The summed E-state index contributed by atoms with van der Waals surface area (Å²) in [7, 11) is 0. The van der Waals surface area contributed by atoms with Crippen molar-refractivity contribution < 1.29 is 5.11 Å². The number of aliphatic hydroxyl groups excluding tert-OH is 1. The molecule has 0 aliphatic rings. The topological polar surface area (TPSA) is 58.0 Å². The fourth-order valence-electron chi connectivity index (χ4n) is 1.11. The van der Waals surface area contributed by atoms with Gasteiger partial charge in [0.25, 0.3) is 0 Å². The third kappa shape index (κ3) is 5.25. The number of thioether (sulfide) groups is 1. The Morgan fingerprint density at radius 3 is 2.94 bits per heavy atom. The fourth-order valence-corrected chi connectivity index (χ4v) is 2.76. The van der Waals surface area contributed by atoms with Crippen LogP contribution in [0.2, 0.25) is 0 Å². The highest BCUT2D eigenvalue weighted by molar-refractivity contribution is 8.00. The molecule has 2 N–H and O–H groups in total. The minimum atomic E-state index is -0.314. The van der Waals surface area contributed by atoms with E-state index in [-0.39, 0.29) is 6.10 Å². The molecular formula is C10H19N3OS2. The van der Waals surface area contributed by atoms with Crippen molar-refractivity contribution in [2.24, 2.45) is 0 Å². The molecule has 0 fully saturated rings. The van der Waals surface area contributed by atoms with Crippen LogP contribution >= 0.6 is 23.3 Å². The average Bonchev–Trinajstić information content (AvgIpc) is 2.74. The molecular weight excluding hydrogens is 242 g/mol. The highest BCUT2D eigenvalue weighted by atomic mass is 32.2. The van der Waals surface area contributed by atoms with Crippen LogP contribution < -0.4 is 5.32 Å². The van der Waals surface area contributed by atoms with Gasteiger partial charge in [0.1, 0.15) is 5.82 Å². The lowest BCUT2D eigenvalue weighted by atomic mass is 10.4. The smallest absolute Gasteiger partial charge is 0.170 e. The van der Waals surface area contributed by atoms with Gasteiger partial charge < -0.3 is 10.4 Å². The summed E-state index contributed by atoms with van der Waals surface area (Å²) in [6.45, 7) is 5.77. The van der Waals surface area contributed by atoms with E-state index >= 15 is 0 Å². The van der Waals surface area contributed by atoms with E-state index in [0.717, 1.165) is 29.6 Å². The van der Waals surface area contributed by atoms with Crippen LogP contribution in [-0.4, -0.2) is 39.4 Å². The third-order valence-corrected chi connectivity index (χ3v) is 3.99. The summed E-state index contributed by atoms with van der Waals surface area (Å²) >= 11 is 2.99. The zero-order valence-electron chi connectivity index (χ0n) is 9.77. The summed E-state index contributed by atoms with van der Waals surface area (Å²) in [6.07, 6.45) is 1.65. The Hall–Kier alpha value is -0.170. The monoisotopic (exact) mass is 261 g/mol. The minimum absolute atomic E-state index is 0.314. The molecule has 0 bridgehead atoms. The van der Waals surface area contributed by atoms with Crippen LogP contribution in [0.3, 0.4) is 0 Å². The quantitative estimate of drug-likeness (QED) is 0.549. The Balaban J connectivity index is 2.18. The Morgan fingerprint density at radius 2 is 2.31 bits per heavy atom. The predicted octanol–water partition coefficient (Wildman–Crippen LogP) is 1.55. The molecule has 92 valence electrons. The molecule has 6 heteroatoms. The van der Waals surface area contributed by atoms with Gasteiger partial charge in [-0.3, -0.25) is 0 Å². The lowest BCUT2D eigenvalue weighted by Crippen LogP contribution is -2.28. The standard InChI is InChI=1S/C10H19N3OS2/c1-3-5-11-6-8(14)7-15-10-12-9(4-2)13-16-10/h8,11,14H,3-7H2,1-2H3. The van der Waals surface area contributed by atoms with Crippen molar-refractivity contribution in [2.75, 3.05) is 18.8 Å². The molecule has 1 heterocycles. The maximum atomic E-state index is 9.67. The van der Waals surface area contributed by atoms with Crippen molar-refractivity contribution in [3.05, 3.63) is 5.82 Å². The lowest BCUT2D eigenvalue weighted by Gasteiger charge is -2.09. The maximum Gasteiger partial charge on any atom is 0.170 e. The number of hydrogen-bond donors (Lipinski definition) is 2. The second kappa shape index (κ2) is 8.00. The number of rotatable bonds is 8. The molecule has 1 unspecified atom stereocenters. The molecule has 16 heavy (non-hydrogen) atoms. The molecule has 4 nitrogen and oxygen atoms in total. The number of aryl methyl sites for hydroxylation is 1. The highest BCUT2D eigenvalue weighted by Crippen LogP contribution is 2.20. The first-order valence-corrected chi connectivity index (χ1v) is 7.36. The third-order valence-electron chi connectivity index (χ3n) is 1.97. The number of nitrogens with one attached hydrogen (secondary N) is 1. The second-order valence-electron chi connectivity index (χ2n) is 3.50. The van der Waals surface area contributed by atoms with Gasteiger partial charge in [-0.2, -0.15) is 4.37 Å². The average molecular weight is 261 g/mol. The summed E-state index contributed by atoms with van der Waals surface area (Å²) in [4.78, 5) is 4.34. The van der Waals surface area contributed by atoms with E-state index in [1.165, 1.54) is 11.5 Å². The van der Waals surface area contributed by atoms with Gasteiger partial charge in [-0.25, -0.2) is 4.98 Å². The predicted molar refractivity (Wildman–Crippen MR) is 69.2 cm³/mol. The Kier molecular flexibility index (Phi) is 6.95. The van der Waals surface area contributed by atoms with Crippen molar-refractivity contribution in [2.45, 2.75) is 37.1 Å². The van der Waals surface area contributed by atoms with Crippen LogP contribution in [0.15, 0.2) is 4.34 Å². The molecule has 0 aliphatic carbocycles. The molecule has 1 atom stereocenters. The molecule has 1 aromatic heterocycles. The SMILES string of the molecule is CCCNCC(O)CSc1nc(CC)ns1. The van der Waals surface area contributed by atoms with Crippen LogP contribution in [0.25, 0.3) is 0 Å². The van der Waals surface area contributed by atoms with Gasteiger partial charge in [0, 0.05) is 18.7 Å². The Labute approximate surface area is 105 Å². The largest absolute Gasteiger partial charge is 0.391 e. The van der Waals surface area contributed by atoms with Crippen molar-refractivity contribution >= 4 is 23.3 Å². The minimum Gasteiger partial charge on any atom is -0.391 e. The zero-order chi connectivity index (χ0) is 11.8. The van der Waals surface area contributed by atoms with Gasteiger partial charge in [0.15, 0.2) is 4.34 Å². The molecule has 0 radical (unpaired) electrons. The lowest BCUT2D eigenvalue weighted by molar-refractivity contribution is 0.196. The molecule has 1 rings (SSSR count). The first-order valence-electron chi connectivity index (χ1n) is 5.60. The van der Waals surface area contributed by atoms with E-state index in [9.17, 15) is 5.11 Å². The van der Waals surface area contributed by atoms with Crippen LogP contribution in [0.4, 0.5) is 0 Å². The van der Waals surface area contributed by atoms with Gasteiger partial charge in [0.2, 0.25) is 0 Å². The van der Waals surface area contributed by atoms with Gasteiger partial charge >= 0.3 is 0 Å². The molecule has 0 aliphatic heterocycles. The van der Waals surface area contributed by atoms with E-state index in [2.05, 4.69) is 21.6 Å². The van der Waals surface area contributed by atoms with E-state index in [0.29, 0.717) is 12.3 Å².